The third-order valence-corrected chi connectivity index (χ3v) is 4.82. The zero-order chi connectivity index (χ0) is 18.8. The molecule has 1 aromatic carbocycles. The second-order valence-electron chi connectivity index (χ2n) is 6.14. The normalized spacial score (nSPS) is 19.8. The SMILES string of the molecule is O=C1OC(COc2cnsn2)CN1c1cc(F)c(C2=CCNCC2)c(F)c1. The standard InChI is InChI=1S/C17H16F2N4O3S/c18-13-5-11(6-14(19)16(13)10-1-3-20-4-2-10)23-8-12(26-17(23)24)9-25-15-7-21-27-22-15/h1,5-7,12,20H,2-4,8-9H2. The molecular formula is C17H16F2N4O3S. The number of hydrogen-bond donors (Lipinski definition) is 1. The van der Waals surface area contributed by atoms with Gasteiger partial charge in [-0.05, 0) is 30.7 Å². The average molecular weight is 394 g/mol. The molecule has 0 saturated carbocycles. The molecular weight excluding hydrogens is 378 g/mol. The minimum Gasteiger partial charge on any atom is -0.472 e. The molecule has 1 saturated heterocycles. The Morgan fingerprint density at radius 3 is 2.85 bits per heavy atom. The number of hydrogen-bond acceptors (Lipinski definition) is 7. The number of ether oxygens (including phenoxy) is 2. The Balaban J connectivity index is 1.49. The van der Waals surface area contributed by atoms with E-state index >= 15 is 0 Å². The van der Waals surface area contributed by atoms with Crippen LogP contribution in [-0.4, -0.2) is 47.2 Å². The van der Waals surface area contributed by atoms with Crippen LogP contribution < -0.4 is 15.0 Å². The summed E-state index contributed by atoms with van der Waals surface area (Å²) in [5, 5.41) is 3.10. The summed E-state index contributed by atoms with van der Waals surface area (Å²) in [6, 6.07) is 2.33. The molecule has 7 nitrogen and oxygen atoms in total. The summed E-state index contributed by atoms with van der Waals surface area (Å²) in [5.41, 5.74) is 0.706. The van der Waals surface area contributed by atoms with Crippen LogP contribution in [0, 0.1) is 11.6 Å². The van der Waals surface area contributed by atoms with Crippen LogP contribution in [0.3, 0.4) is 0 Å². The number of carbonyl (C=O) groups excluding carboxylic acids is 1. The molecule has 0 bridgehead atoms. The summed E-state index contributed by atoms with van der Waals surface area (Å²) >= 11 is 1.00. The number of nitrogens with one attached hydrogen (secondary N) is 1. The fourth-order valence-electron chi connectivity index (χ4n) is 3.09. The van der Waals surface area contributed by atoms with Crippen LogP contribution in [0.1, 0.15) is 12.0 Å². The second-order valence-corrected chi connectivity index (χ2v) is 6.70. The van der Waals surface area contributed by atoms with Crippen LogP contribution in [0.4, 0.5) is 19.3 Å². The number of anilines is 1. The third-order valence-electron chi connectivity index (χ3n) is 4.36. The van der Waals surface area contributed by atoms with Crippen molar-refractivity contribution in [2.24, 2.45) is 0 Å². The van der Waals surface area contributed by atoms with Crippen molar-refractivity contribution >= 4 is 29.1 Å². The molecule has 2 aliphatic heterocycles. The van der Waals surface area contributed by atoms with Crippen LogP contribution in [-0.2, 0) is 4.74 Å². The monoisotopic (exact) mass is 394 g/mol. The Labute approximate surface area is 157 Å². The van der Waals surface area contributed by atoms with Crippen LogP contribution >= 0.6 is 11.7 Å². The predicted octanol–water partition coefficient (Wildman–Crippen LogP) is 2.60. The molecule has 1 aromatic heterocycles. The van der Waals surface area contributed by atoms with Crippen LogP contribution in [0.25, 0.3) is 5.57 Å². The maximum Gasteiger partial charge on any atom is 0.414 e. The van der Waals surface area contributed by atoms with Crippen molar-refractivity contribution in [1.82, 2.24) is 14.1 Å². The van der Waals surface area contributed by atoms with Gasteiger partial charge in [-0.3, -0.25) is 4.90 Å². The van der Waals surface area contributed by atoms with Gasteiger partial charge in [0, 0.05) is 12.1 Å². The minimum absolute atomic E-state index is 0.0382. The topological polar surface area (TPSA) is 76.6 Å². The van der Waals surface area contributed by atoms with Crippen molar-refractivity contribution in [3.05, 3.63) is 41.6 Å². The molecule has 0 spiro atoms. The summed E-state index contributed by atoms with van der Waals surface area (Å²) < 4.78 is 47.5. The van der Waals surface area contributed by atoms with Gasteiger partial charge in [0.05, 0.1) is 24.0 Å². The molecule has 27 heavy (non-hydrogen) atoms. The Morgan fingerprint density at radius 2 is 2.19 bits per heavy atom. The van der Waals surface area contributed by atoms with E-state index in [0.29, 0.717) is 31.0 Å². The summed E-state index contributed by atoms with van der Waals surface area (Å²) in [7, 11) is 0. The number of halogens is 2. The highest BCUT2D eigenvalue weighted by Crippen LogP contribution is 2.31. The highest BCUT2D eigenvalue weighted by Gasteiger charge is 2.34. The molecule has 0 radical (unpaired) electrons. The number of amides is 1. The maximum absolute atomic E-state index is 14.6. The molecule has 1 fully saturated rings. The van der Waals surface area contributed by atoms with Crippen LogP contribution in [0.2, 0.25) is 0 Å². The second kappa shape index (κ2) is 7.57. The zero-order valence-corrected chi connectivity index (χ0v) is 15.0. The number of cyclic esters (lactones) is 1. The van der Waals surface area contributed by atoms with Gasteiger partial charge >= 0.3 is 6.09 Å². The molecule has 4 rings (SSSR count). The first kappa shape index (κ1) is 17.8. The van der Waals surface area contributed by atoms with Crippen LogP contribution in [0.5, 0.6) is 5.88 Å². The average Bonchev–Trinajstić information content (AvgIpc) is 3.29. The van der Waals surface area contributed by atoms with Gasteiger partial charge in [-0.25, -0.2) is 13.6 Å². The van der Waals surface area contributed by atoms with E-state index in [4.69, 9.17) is 9.47 Å². The summed E-state index contributed by atoms with van der Waals surface area (Å²) in [4.78, 5) is 13.3. The number of carbonyl (C=O) groups is 1. The molecule has 142 valence electrons. The smallest absolute Gasteiger partial charge is 0.414 e. The number of aromatic nitrogens is 2. The van der Waals surface area contributed by atoms with Crippen molar-refractivity contribution in [3.63, 3.8) is 0 Å². The molecule has 1 unspecified atom stereocenters. The van der Waals surface area contributed by atoms with E-state index in [2.05, 4.69) is 14.1 Å². The lowest BCUT2D eigenvalue weighted by Gasteiger charge is -2.18. The number of benzene rings is 1. The van der Waals surface area contributed by atoms with Crippen molar-refractivity contribution < 1.29 is 23.0 Å². The summed E-state index contributed by atoms with van der Waals surface area (Å²) in [6.45, 7) is 1.45. The quantitative estimate of drug-likeness (QED) is 0.840. The Morgan fingerprint density at radius 1 is 1.37 bits per heavy atom. The maximum atomic E-state index is 14.6. The van der Waals surface area contributed by atoms with E-state index in [0.717, 1.165) is 23.9 Å². The molecule has 10 heteroatoms. The fraction of sp³-hybridized carbons (Fsp3) is 0.353. The summed E-state index contributed by atoms with van der Waals surface area (Å²) in [6.07, 6.45) is 2.53. The van der Waals surface area contributed by atoms with Gasteiger partial charge in [0.25, 0.3) is 0 Å². The van der Waals surface area contributed by atoms with Crippen molar-refractivity contribution in [1.29, 1.82) is 0 Å². The Kier molecular flexibility index (Phi) is 4.99. The van der Waals surface area contributed by atoms with Gasteiger partial charge in [-0.15, -0.1) is 4.37 Å². The van der Waals surface area contributed by atoms with Gasteiger partial charge in [0.1, 0.15) is 24.4 Å². The van der Waals surface area contributed by atoms with Crippen molar-refractivity contribution in [3.8, 4) is 5.88 Å². The number of rotatable bonds is 5. The lowest BCUT2D eigenvalue weighted by molar-refractivity contribution is 0.103. The lowest BCUT2D eigenvalue weighted by Crippen LogP contribution is -2.27. The Hall–Kier alpha value is -2.59. The molecule has 2 aromatic rings. The minimum atomic E-state index is -0.695. The van der Waals surface area contributed by atoms with E-state index in [1.807, 2.05) is 0 Å². The van der Waals surface area contributed by atoms with Crippen LogP contribution in [0.15, 0.2) is 24.4 Å². The highest BCUT2D eigenvalue weighted by molar-refractivity contribution is 6.99. The van der Waals surface area contributed by atoms with E-state index < -0.39 is 23.8 Å². The van der Waals surface area contributed by atoms with E-state index in [9.17, 15) is 13.6 Å². The molecule has 1 amide bonds. The molecule has 3 heterocycles. The van der Waals surface area contributed by atoms with Crippen molar-refractivity contribution in [2.75, 3.05) is 31.1 Å². The number of nitrogens with zero attached hydrogens (tertiary/aromatic N) is 3. The highest BCUT2D eigenvalue weighted by atomic mass is 32.1. The van der Waals surface area contributed by atoms with Crippen molar-refractivity contribution in [2.45, 2.75) is 12.5 Å². The molecule has 1 atom stereocenters. The first-order valence-electron chi connectivity index (χ1n) is 8.39. The first-order valence-corrected chi connectivity index (χ1v) is 9.12. The first-order chi connectivity index (χ1) is 13.1. The van der Waals surface area contributed by atoms with E-state index in [1.54, 1.807) is 6.08 Å². The lowest BCUT2D eigenvalue weighted by atomic mass is 9.98. The third kappa shape index (κ3) is 3.76. The van der Waals surface area contributed by atoms with Gasteiger partial charge in [-0.1, -0.05) is 6.08 Å². The summed E-state index contributed by atoms with van der Waals surface area (Å²) in [5.74, 6) is -1.05. The fourth-order valence-corrected chi connectivity index (χ4v) is 3.45. The zero-order valence-electron chi connectivity index (χ0n) is 14.2. The van der Waals surface area contributed by atoms with Gasteiger partial charge < -0.3 is 14.8 Å². The van der Waals surface area contributed by atoms with E-state index in [1.165, 1.54) is 11.1 Å². The molecule has 0 aliphatic carbocycles. The predicted molar refractivity (Wildman–Crippen MR) is 94.8 cm³/mol. The Bertz CT molecular complexity index is 852. The largest absolute Gasteiger partial charge is 0.472 e. The molecule has 2 aliphatic rings. The van der Waals surface area contributed by atoms with E-state index in [-0.39, 0.29) is 24.4 Å². The van der Waals surface area contributed by atoms with Gasteiger partial charge in [0.15, 0.2) is 6.10 Å². The van der Waals surface area contributed by atoms with Gasteiger partial charge in [-0.2, -0.15) is 4.37 Å². The van der Waals surface area contributed by atoms with Gasteiger partial charge in [0.2, 0.25) is 5.88 Å². The molecule has 1 N–H and O–H groups in total.